The molecule has 0 aromatic heterocycles. The molecule has 2 rings (SSSR count). The van der Waals surface area contributed by atoms with Crippen molar-refractivity contribution in [1.82, 2.24) is 0 Å². The monoisotopic (exact) mass is 206 g/mol. The van der Waals surface area contributed by atoms with Gasteiger partial charge in [0, 0.05) is 13.1 Å². The van der Waals surface area contributed by atoms with E-state index in [4.69, 9.17) is 5.11 Å². The van der Waals surface area contributed by atoms with Crippen molar-refractivity contribution in [2.75, 3.05) is 29.9 Å². The van der Waals surface area contributed by atoms with Crippen LogP contribution in [0.15, 0.2) is 24.3 Å². The molecule has 0 amide bonds. The normalized spacial score (nSPS) is 15.1. The predicted molar refractivity (Wildman–Crippen MR) is 59.4 cm³/mol. The van der Waals surface area contributed by atoms with Crippen LogP contribution in [-0.2, 0) is 4.79 Å². The van der Waals surface area contributed by atoms with Crippen molar-refractivity contribution in [2.24, 2.45) is 0 Å². The summed E-state index contributed by atoms with van der Waals surface area (Å²) in [7, 11) is 0. The van der Waals surface area contributed by atoms with Gasteiger partial charge in [-0.25, -0.2) is 0 Å². The third-order valence-corrected chi connectivity index (χ3v) is 2.49. The molecule has 0 spiro atoms. The number of fused-ring (bicyclic) bond motifs is 1. The van der Waals surface area contributed by atoms with Gasteiger partial charge in [0.05, 0.1) is 11.4 Å². The van der Waals surface area contributed by atoms with Gasteiger partial charge in [-0.05, 0) is 18.6 Å². The third kappa shape index (κ3) is 2.21. The van der Waals surface area contributed by atoms with Gasteiger partial charge in [-0.1, -0.05) is 12.1 Å². The number of nitrogens with zero attached hydrogens (tertiary/aromatic N) is 1. The topological polar surface area (TPSA) is 52.6 Å². The Kier molecular flexibility index (Phi) is 2.76. The maximum absolute atomic E-state index is 10.7. The van der Waals surface area contributed by atoms with Crippen LogP contribution in [0.1, 0.15) is 6.42 Å². The highest BCUT2D eigenvalue weighted by atomic mass is 16.4. The molecule has 1 aromatic rings. The third-order valence-electron chi connectivity index (χ3n) is 2.49. The molecule has 0 bridgehead atoms. The molecule has 1 aliphatic rings. The molecule has 1 aromatic carbocycles. The van der Waals surface area contributed by atoms with E-state index in [9.17, 15) is 4.79 Å². The first-order valence-corrected chi connectivity index (χ1v) is 5.07. The van der Waals surface area contributed by atoms with E-state index in [-0.39, 0.29) is 6.54 Å². The zero-order valence-corrected chi connectivity index (χ0v) is 8.44. The summed E-state index contributed by atoms with van der Waals surface area (Å²) < 4.78 is 0. The number of carboxylic acids is 1. The molecule has 1 aliphatic heterocycles. The summed E-state index contributed by atoms with van der Waals surface area (Å²) in [6.07, 6.45) is 0.960. The fourth-order valence-corrected chi connectivity index (χ4v) is 1.84. The molecule has 0 radical (unpaired) electrons. The molecular weight excluding hydrogens is 192 g/mol. The van der Waals surface area contributed by atoms with Gasteiger partial charge in [0.15, 0.2) is 0 Å². The number of hydrogen-bond donors (Lipinski definition) is 2. The van der Waals surface area contributed by atoms with Crippen LogP contribution in [0.4, 0.5) is 11.4 Å². The lowest BCUT2D eigenvalue weighted by Crippen LogP contribution is -2.30. The first-order valence-electron chi connectivity index (χ1n) is 5.07. The highest BCUT2D eigenvalue weighted by Crippen LogP contribution is 2.27. The van der Waals surface area contributed by atoms with Crippen LogP contribution in [0.25, 0.3) is 0 Å². The number of carboxylic acid groups (broad SMARTS) is 1. The summed E-state index contributed by atoms with van der Waals surface area (Å²) >= 11 is 0. The molecule has 0 fully saturated rings. The number of carbonyl (C=O) groups is 1. The highest BCUT2D eigenvalue weighted by molar-refractivity contribution is 5.78. The summed E-state index contributed by atoms with van der Waals surface area (Å²) in [6.45, 7) is 1.75. The van der Waals surface area contributed by atoms with Crippen molar-refractivity contribution in [1.29, 1.82) is 0 Å². The van der Waals surface area contributed by atoms with Crippen molar-refractivity contribution in [3.05, 3.63) is 24.3 Å². The molecule has 80 valence electrons. The highest BCUT2D eigenvalue weighted by Gasteiger charge is 2.16. The lowest BCUT2D eigenvalue weighted by molar-refractivity contribution is -0.135. The Morgan fingerprint density at radius 3 is 3.07 bits per heavy atom. The quantitative estimate of drug-likeness (QED) is 0.767. The number of hydrogen-bond acceptors (Lipinski definition) is 3. The Morgan fingerprint density at radius 2 is 2.27 bits per heavy atom. The molecule has 0 atom stereocenters. The Balaban J connectivity index is 2.28. The summed E-state index contributed by atoms with van der Waals surface area (Å²) in [4.78, 5) is 12.6. The van der Waals surface area contributed by atoms with E-state index in [0.29, 0.717) is 0 Å². The van der Waals surface area contributed by atoms with Crippen LogP contribution in [0, 0.1) is 0 Å². The molecule has 1 heterocycles. The average Bonchev–Trinajstić information content (AvgIpc) is 2.41. The second kappa shape index (κ2) is 4.21. The Labute approximate surface area is 88.5 Å². The Morgan fingerprint density at radius 1 is 1.47 bits per heavy atom. The van der Waals surface area contributed by atoms with E-state index in [0.717, 1.165) is 30.9 Å². The first kappa shape index (κ1) is 9.83. The molecule has 15 heavy (non-hydrogen) atoms. The van der Waals surface area contributed by atoms with Crippen molar-refractivity contribution < 1.29 is 9.90 Å². The minimum absolute atomic E-state index is 0.0681. The van der Waals surface area contributed by atoms with E-state index in [1.165, 1.54) is 0 Å². The standard InChI is InChI=1S/C11H14N2O2/c14-11(15)8-13-7-3-6-12-9-4-1-2-5-10(9)13/h1-2,4-5,12H,3,6-8H2,(H,14,15). The van der Waals surface area contributed by atoms with Crippen LogP contribution in [0.3, 0.4) is 0 Å². The molecular formula is C11H14N2O2. The maximum atomic E-state index is 10.7. The van der Waals surface area contributed by atoms with Crippen molar-refractivity contribution in [3.63, 3.8) is 0 Å². The zero-order chi connectivity index (χ0) is 10.7. The van der Waals surface area contributed by atoms with Crippen LogP contribution in [0.5, 0.6) is 0 Å². The Bertz CT molecular complexity index is 365. The van der Waals surface area contributed by atoms with Gasteiger partial charge in [-0.15, -0.1) is 0 Å². The summed E-state index contributed by atoms with van der Waals surface area (Å²) in [5.41, 5.74) is 2.01. The smallest absolute Gasteiger partial charge is 0.323 e. The summed E-state index contributed by atoms with van der Waals surface area (Å²) in [6, 6.07) is 7.82. The molecule has 4 nitrogen and oxygen atoms in total. The van der Waals surface area contributed by atoms with Crippen molar-refractivity contribution >= 4 is 17.3 Å². The molecule has 0 aliphatic carbocycles. The van der Waals surface area contributed by atoms with Crippen LogP contribution >= 0.6 is 0 Å². The van der Waals surface area contributed by atoms with Gasteiger partial charge >= 0.3 is 5.97 Å². The van der Waals surface area contributed by atoms with Gasteiger partial charge in [0.1, 0.15) is 6.54 Å². The minimum atomic E-state index is -0.785. The van der Waals surface area contributed by atoms with Gasteiger partial charge in [-0.3, -0.25) is 4.79 Å². The van der Waals surface area contributed by atoms with E-state index >= 15 is 0 Å². The lowest BCUT2D eigenvalue weighted by Gasteiger charge is -2.21. The fourth-order valence-electron chi connectivity index (χ4n) is 1.84. The summed E-state index contributed by atoms with van der Waals surface area (Å²) in [5, 5.41) is 12.1. The van der Waals surface area contributed by atoms with Crippen LogP contribution in [0.2, 0.25) is 0 Å². The average molecular weight is 206 g/mol. The number of aliphatic carboxylic acids is 1. The number of nitrogens with one attached hydrogen (secondary N) is 1. The van der Waals surface area contributed by atoms with Gasteiger partial charge < -0.3 is 15.3 Å². The van der Waals surface area contributed by atoms with Crippen LogP contribution < -0.4 is 10.2 Å². The molecule has 2 N–H and O–H groups in total. The van der Waals surface area contributed by atoms with Gasteiger partial charge in [0.25, 0.3) is 0 Å². The van der Waals surface area contributed by atoms with E-state index < -0.39 is 5.97 Å². The number of rotatable bonds is 2. The zero-order valence-electron chi connectivity index (χ0n) is 8.44. The van der Waals surface area contributed by atoms with E-state index in [2.05, 4.69) is 5.32 Å². The van der Waals surface area contributed by atoms with E-state index in [1.54, 1.807) is 0 Å². The van der Waals surface area contributed by atoms with Gasteiger partial charge in [-0.2, -0.15) is 0 Å². The predicted octanol–water partition coefficient (Wildman–Crippen LogP) is 1.39. The first-order chi connectivity index (χ1) is 7.27. The number of benzene rings is 1. The number of para-hydroxylation sites is 2. The second-order valence-electron chi connectivity index (χ2n) is 3.61. The summed E-state index contributed by atoms with van der Waals surface area (Å²) in [5.74, 6) is -0.785. The molecule has 0 unspecified atom stereocenters. The van der Waals surface area contributed by atoms with E-state index in [1.807, 2.05) is 29.2 Å². The molecule has 0 saturated heterocycles. The van der Waals surface area contributed by atoms with Crippen molar-refractivity contribution in [2.45, 2.75) is 6.42 Å². The molecule has 0 saturated carbocycles. The van der Waals surface area contributed by atoms with Crippen molar-refractivity contribution in [3.8, 4) is 0 Å². The SMILES string of the molecule is O=C(O)CN1CCCNc2ccccc21. The second-order valence-corrected chi connectivity index (χ2v) is 3.61. The Hall–Kier alpha value is -1.71. The lowest BCUT2D eigenvalue weighted by atomic mass is 10.2. The van der Waals surface area contributed by atoms with Crippen LogP contribution in [-0.4, -0.2) is 30.7 Å². The minimum Gasteiger partial charge on any atom is -0.480 e. The largest absolute Gasteiger partial charge is 0.480 e. The fraction of sp³-hybridized carbons (Fsp3) is 0.364. The molecule has 4 heteroatoms. The maximum Gasteiger partial charge on any atom is 0.323 e. The number of anilines is 2. The van der Waals surface area contributed by atoms with Gasteiger partial charge in [0.2, 0.25) is 0 Å².